The average Bonchev–Trinajstić information content (AvgIpc) is 2.87. The Morgan fingerprint density at radius 3 is 2.66 bits per heavy atom. The standard InChI is InChI=1S/C28H36N2O5/c1-28(2)18-34-24-16-21(20-5-4-6-22(15-20)33-14-13-32-3)7-8-23(24)26(28)29-27(31)35-25-17-30-11-9-19(25)10-12-30/h4-8,15-16,19,25-26H,9-14,17-18H2,1-3H3,(H,29,31)/t25-,26?/m1/s1. The molecule has 0 aliphatic carbocycles. The van der Waals surface area contributed by atoms with E-state index in [9.17, 15) is 4.79 Å². The molecule has 7 heteroatoms. The molecule has 3 fully saturated rings. The molecule has 2 atom stereocenters. The highest BCUT2D eigenvalue weighted by Crippen LogP contribution is 2.44. The second-order valence-corrected chi connectivity index (χ2v) is 10.6. The minimum Gasteiger partial charge on any atom is -0.493 e. The van der Waals surface area contributed by atoms with E-state index >= 15 is 0 Å². The van der Waals surface area contributed by atoms with Gasteiger partial charge in [-0.3, -0.25) is 4.90 Å². The van der Waals surface area contributed by atoms with Gasteiger partial charge in [0.25, 0.3) is 0 Å². The topological polar surface area (TPSA) is 69.3 Å². The first-order chi connectivity index (χ1) is 16.9. The monoisotopic (exact) mass is 480 g/mol. The highest BCUT2D eigenvalue weighted by Gasteiger charge is 2.41. The van der Waals surface area contributed by atoms with E-state index in [1.165, 1.54) is 0 Å². The molecular formula is C28H36N2O5. The summed E-state index contributed by atoms with van der Waals surface area (Å²) in [4.78, 5) is 15.4. The number of nitrogens with one attached hydrogen (secondary N) is 1. The smallest absolute Gasteiger partial charge is 0.407 e. The van der Waals surface area contributed by atoms with Crippen molar-refractivity contribution in [3.8, 4) is 22.6 Å². The van der Waals surface area contributed by atoms with Crippen molar-refractivity contribution in [1.82, 2.24) is 10.2 Å². The Morgan fingerprint density at radius 2 is 1.91 bits per heavy atom. The van der Waals surface area contributed by atoms with Gasteiger partial charge in [-0.15, -0.1) is 0 Å². The van der Waals surface area contributed by atoms with Gasteiger partial charge in [-0.2, -0.15) is 0 Å². The number of ether oxygens (including phenoxy) is 4. The number of nitrogens with zero attached hydrogens (tertiary/aromatic N) is 1. The molecule has 35 heavy (non-hydrogen) atoms. The summed E-state index contributed by atoms with van der Waals surface area (Å²) in [7, 11) is 1.66. The second-order valence-electron chi connectivity index (χ2n) is 10.6. The predicted octanol–water partition coefficient (Wildman–Crippen LogP) is 4.66. The van der Waals surface area contributed by atoms with E-state index in [-0.39, 0.29) is 23.7 Å². The van der Waals surface area contributed by atoms with Crippen LogP contribution in [-0.2, 0) is 9.47 Å². The van der Waals surface area contributed by atoms with Crippen molar-refractivity contribution in [2.45, 2.75) is 38.8 Å². The predicted molar refractivity (Wildman–Crippen MR) is 134 cm³/mol. The Balaban J connectivity index is 1.31. The molecule has 0 spiro atoms. The van der Waals surface area contributed by atoms with E-state index in [4.69, 9.17) is 18.9 Å². The molecule has 1 N–H and O–H groups in total. The van der Waals surface area contributed by atoms with Crippen LogP contribution in [0, 0.1) is 11.3 Å². The van der Waals surface area contributed by atoms with E-state index < -0.39 is 0 Å². The Labute approximate surface area is 207 Å². The van der Waals surface area contributed by atoms with Crippen molar-refractivity contribution < 1.29 is 23.7 Å². The van der Waals surface area contributed by atoms with Crippen molar-refractivity contribution in [3.05, 3.63) is 48.0 Å². The number of carbonyl (C=O) groups excluding carboxylic acids is 1. The number of rotatable bonds is 7. The summed E-state index contributed by atoms with van der Waals surface area (Å²) in [5.41, 5.74) is 2.79. The fraction of sp³-hybridized carbons (Fsp3) is 0.536. The lowest BCUT2D eigenvalue weighted by molar-refractivity contribution is -0.0361. The molecule has 2 aromatic carbocycles. The Morgan fingerprint density at radius 1 is 1.11 bits per heavy atom. The van der Waals surface area contributed by atoms with Crippen LogP contribution in [0.25, 0.3) is 11.1 Å². The molecule has 0 saturated carbocycles. The molecular weight excluding hydrogens is 444 g/mol. The zero-order chi connectivity index (χ0) is 24.4. The summed E-state index contributed by atoms with van der Waals surface area (Å²) in [6.45, 7) is 8.88. The Hall–Kier alpha value is -2.77. The van der Waals surface area contributed by atoms with Crippen molar-refractivity contribution in [3.63, 3.8) is 0 Å². The molecule has 0 radical (unpaired) electrons. The SMILES string of the molecule is COCCOc1cccc(-c2ccc3c(c2)OCC(C)(C)C3NC(=O)O[C@@H]2CN3CCC2CC3)c1. The van der Waals surface area contributed by atoms with Crippen LogP contribution in [0.1, 0.15) is 38.3 Å². The van der Waals surface area contributed by atoms with Gasteiger partial charge in [-0.1, -0.05) is 38.1 Å². The molecule has 0 aromatic heterocycles. The first-order valence-corrected chi connectivity index (χ1v) is 12.6. The van der Waals surface area contributed by atoms with E-state index in [1.54, 1.807) is 7.11 Å². The van der Waals surface area contributed by atoms with Gasteiger partial charge in [0.05, 0.1) is 19.3 Å². The number of piperidine rings is 3. The number of hydrogen-bond donors (Lipinski definition) is 1. The fourth-order valence-corrected chi connectivity index (χ4v) is 5.46. The van der Waals surface area contributed by atoms with Crippen molar-refractivity contribution in [2.75, 3.05) is 46.6 Å². The van der Waals surface area contributed by atoms with Gasteiger partial charge in [0, 0.05) is 24.6 Å². The number of hydrogen-bond acceptors (Lipinski definition) is 6. The van der Waals surface area contributed by atoms with E-state index in [0.29, 0.717) is 25.7 Å². The number of carbonyl (C=O) groups is 1. The first kappa shape index (κ1) is 23.9. The van der Waals surface area contributed by atoms with Crippen LogP contribution in [0.15, 0.2) is 42.5 Å². The molecule has 4 heterocycles. The minimum atomic E-state index is -0.334. The maximum Gasteiger partial charge on any atom is 0.407 e. The van der Waals surface area contributed by atoms with Crippen LogP contribution in [0.4, 0.5) is 4.79 Å². The van der Waals surface area contributed by atoms with E-state index in [1.807, 2.05) is 24.3 Å². The average molecular weight is 481 g/mol. The second kappa shape index (κ2) is 10.1. The number of amides is 1. The normalized spacial score (nSPS) is 26.4. The van der Waals surface area contributed by atoms with Gasteiger partial charge >= 0.3 is 6.09 Å². The molecule has 1 unspecified atom stereocenters. The van der Waals surface area contributed by atoms with Crippen LogP contribution in [0.5, 0.6) is 11.5 Å². The molecule has 4 aliphatic heterocycles. The third-order valence-electron chi connectivity index (χ3n) is 7.55. The summed E-state index contributed by atoms with van der Waals surface area (Å²) < 4.78 is 22.9. The molecule has 188 valence electrons. The largest absolute Gasteiger partial charge is 0.493 e. The number of benzene rings is 2. The Kier molecular flexibility index (Phi) is 6.89. The number of fused-ring (bicyclic) bond motifs is 4. The van der Waals surface area contributed by atoms with Gasteiger partial charge in [-0.05, 0) is 61.2 Å². The van der Waals surface area contributed by atoms with Gasteiger partial charge in [0.15, 0.2) is 0 Å². The maximum atomic E-state index is 13.0. The lowest BCUT2D eigenvalue weighted by Crippen LogP contribution is -2.53. The quantitative estimate of drug-likeness (QED) is 0.582. The van der Waals surface area contributed by atoms with Gasteiger partial charge in [-0.25, -0.2) is 4.79 Å². The molecule has 6 rings (SSSR count). The van der Waals surface area contributed by atoms with E-state index in [0.717, 1.165) is 60.7 Å². The van der Waals surface area contributed by atoms with E-state index in [2.05, 4.69) is 42.3 Å². The molecule has 2 bridgehead atoms. The lowest BCUT2D eigenvalue weighted by Gasteiger charge is -2.44. The molecule has 3 saturated heterocycles. The highest BCUT2D eigenvalue weighted by molar-refractivity contribution is 5.71. The van der Waals surface area contributed by atoms with Gasteiger partial charge in [0.1, 0.15) is 24.2 Å². The van der Waals surface area contributed by atoms with Crippen LogP contribution in [0.2, 0.25) is 0 Å². The molecule has 2 aromatic rings. The van der Waals surface area contributed by atoms with Crippen molar-refractivity contribution in [1.29, 1.82) is 0 Å². The molecule has 1 amide bonds. The lowest BCUT2D eigenvalue weighted by atomic mass is 9.78. The third-order valence-corrected chi connectivity index (χ3v) is 7.55. The van der Waals surface area contributed by atoms with Crippen LogP contribution < -0.4 is 14.8 Å². The van der Waals surface area contributed by atoms with Crippen LogP contribution >= 0.6 is 0 Å². The maximum absolute atomic E-state index is 13.0. The van der Waals surface area contributed by atoms with Crippen molar-refractivity contribution in [2.24, 2.45) is 11.3 Å². The summed E-state index contributed by atoms with van der Waals surface area (Å²) in [6, 6.07) is 14.0. The minimum absolute atomic E-state index is 0.0133. The summed E-state index contributed by atoms with van der Waals surface area (Å²) >= 11 is 0. The summed E-state index contributed by atoms with van der Waals surface area (Å²) in [5.74, 6) is 2.08. The van der Waals surface area contributed by atoms with Crippen LogP contribution in [0.3, 0.4) is 0 Å². The molecule has 7 nitrogen and oxygen atoms in total. The third kappa shape index (κ3) is 5.26. The highest BCUT2D eigenvalue weighted by atomic mass is 16.6. The van der Waals surface area contributed by atoms with Crippen LogP contribution in [-0.4, -0.2) is 63.7 Å². The van der Waals surface area contributed by atoms with Gasteiger partial charge < -0.3 is 24.3 Å². The number of alkyl carbamates (subject to hydrolysis) is 1. The molecule has 4 aliphatic rings. The zero-order valence-corrected chi connectivity index (χ0v) is 20.9. The summed E-state index contributed by atoms with van der Waals surface area (Å²) in [5, 5.41) is 3.18. The van der Waals surface area contributed by atoms with Gasteiger partial charge in [0.2, 0.25) is 0 Å². The first-order valence-electron chi connectivity index (χ1n) is 12.6. The number of methoxy groups -OCH3 is 1. The van der Waals surface area contributed by atoms with Crippen molar-refractivity contribution >= 4 is 6.09 Å². The Bertz CT molecular complexity index is 1050. The zero-order valence-electron chi connectivity index (χ0n) is 20.9. The summed E-state index contributed by atoms with van der Waals surface area (Å²) in [6.07, 6.45) is 1.89. The fourth-order valence-electron chi connectivity index (χ4n) is 5.46.